The Balaban J connectivity index is 3.32. The molecule has 0 saturated heterocycles. The molecule has 0 spiro atoms. The van der Waals surface area contributed by atoms with Gasteiger partial charge >= 0.3 is 24.0 Å². The quantitative estimate of drug-likeness (QED) is 0.139. The standard InChI is InChI=1S/C27H39N3O11/c1-5-6-7-14-30(26(39)41-27(2,3)4)19(23(34)29-22(33)18(28)12-13-20(31)32)15-16-8-10-17(11-9-16)40-21(24(35)36)25(37)38/h8-11,18-19,21H,5-7,12-15,28H2,1-4H3,(H,31,32)(H,35,36)(H,37,38)(H,29,33,34)/t18-,19-/m0/s1. The third-order valence-corrected chi connectivity index (χ3v) is 5.62. The van der Waals surface area contributed by atoms with Gasteiger partial charge in [-0.25, -0.2) is 14.4 Å². The molecule has 41 heavy (non-hydrogen) atoms. The molecule has 1 aromatic carbocycles. The largest absolute Gasteiger partial charge is 0.481 e. The van der Waals surface area contributed by atoms with E-state index in [1.54, 1.807) is 20.8 Å². The van der Waals surface area contributed by atoms with E-state index < -0.39 is 59.6 Å². The van der Waals surface area contributed by atoms with Crippen molar-refractivity contribution in [2.75, 3.05) is 6.54 Å². The highest BCUT2D eigenvalue weighted by molar-refractivity contribution is 6.01. The summed E-state index contributed by atoms with van der Waals surface area (Å²) in [5.41, 5.74) is 5.33. The molecular formula is C27H39N3O11. The minimum absolute atomic E-state index is 0.0592. The number of rotatable bonds is 16. The van der Waals surface area contributed by atoms with E-state index in [0.717, 1.165) is 12.8 Å². The number of amides is 3. The van der Waals surface area contributed by atoms with E-state index in [9.17, 15) is 28.8 Å². The molecule has 0 bridgehead atoms. The van der Waals surface area contributed by atoms with Gasteiger partial charge in [-0.15, -0.1) is 0 Å². The summed E-state index contributed by atoms with van der Waals surface area (Å²) in [5, 5.41) is 29.1. The van der Waals surface area contributed by atoms with Crippen LogP contribution in [0.25, 0.3) is 0 Å². The van der Waals surface area contributed by atoms with Gasteiger partial charge in [0.1, 0.15) is 17.4 Å². The predicted molar refractivity (Wildman–Crippen MR) is 144 cm³/mol. The van der Waals surface area contributed by atoms with Crippen molar-refractivity contribution in [1.29, 1.82) is 0 Å². The molecule has 0 aliphatic heterocycles. The fourth-order valence-corrected chi connectivity index (χ4v) is 3.55. The van der Waals surface area contributed by atoms with Crippen LogP contribution in [0.1, 0.15) is 65.4 Å². The van der Waals surface area contributed by atoms with Gasteiger partial charge in [-0.2, -0.15) is 0 Å². The summed E-state index contributed by atoms with van der Waals surface area (Å²) in [5.74, 6) is -6.36. The van der Waals surface area contributed by atoms with E-state index in [2.05, 4.69) is 5.32 Å². The molecule has 0 aliphatic rings. The van der Waals surface area contributed by atoms with Crippen molar-refractivity contribution in [2.45, 2.75) is 90.0 Å². The molecule has 1 rings (SSSR count). The minimum atomic E-state index is -2.13. The molecule has 0 aromatic heterocycles. The van der Waals surface area contributed by atoms with E-state index in [-0.39, 0.29) is 31.6 Å². The van der Waals surface area contributed by atoms with Gasteiger partial charge in [-0.3, -0.25) is 24.6 Å². The number of carbonyl (C=O) groups is 6. The van der Waals surface area contributed by atoms with Gasteiger partial charge in [0.25, 0.3) is 6.10 Å². The van der Waals surface area contributed by atoms with Gasteiger partial charge in [-0.05, 0) is 51.3 Å². The number of carbonyl (C=O) groups excluding carboxylic acids is 3. The first-order valence-electron chi connectivity index (χ1n) is 13.1. The third-order valence-electron chi connectivity index (χ3n) is 5.62. The highest BCUT2D eigenvalue weighted by Crippen LogP contribution is 2.20. The van der Waals surface area contributed by atoms with Crippen LogP contribution in [0.15, 0.2) is 24.3 Å². The van der Waals surface area contributed by atoms with Crippen LogP contribution in [0, 0.1) is 0 Å². The first-order valence-corrected chi connectivity index (χ1v) is 13.1. The summed E-state index contributed by atoms with van der Waals surface area (Å²) in [6, 6.07) is 3.00. The fraction of sp³-hybridized carbons (Fsp3) is 0.556. The van der Waals surface area contributed by atoms with Gasteiger partial charge in [-0.1, -0.05) is 31.9 Å². The van der Waals surface area contributed by atoms with Crippen molar-refractivity contribution in [3.05, 3.63) is 29.8 Å². The topological polar surface area (TPSA) is 223 Å². The average molecular weight is 582 g/mol. The molecule has 1 aromatic rings. The number of hydrogen-bond donors (Lipinski definition) is 5. The Morgan fingerprint density at radius 2 is 1.54 bits per heavy atom. The van der Waals surface area contributed by atoms with E-state index in [0.29, 0.717) is 12.0 Å². The maximum absolute atomic E-state index is 13.4. The lowest BCUT2D eigenvalue weighted by molar-refractivity contribution is -0.159. The van der Waals surface area contributed by atoms with Crippen molar-refractivity contribution in [3.63, 3.8) is 0 Å². The molecule has 0 unspecified atom stereocenters. The van der Waals surface area contributed by atoms with Crippen LogP contribution in [-0.2, 0) is 35.1 Å². The van der Waals surface area contributed by atoms with Gasteiger partial charge < -0.3 is 30.5 Å². The van der Waals surface area contributed by atoms with Crippen molar-refractivity contribution in [1.82, 2.24) is 10.2 Å². The Morgan fingerprint density at radius 1 is 0.951 bits per heavy atom. The van der Waals surface area contributed by atoms with Crippen LogP contribution in [0.2, 0.25) is 0 Å². The number of aliphatic carboxylic acids is 3. The molecule has 2 atom stereocenters. The third kappa shape index (κ3) is 12.7. The number of nitrogens with two attached hydrogens (primary N) is 1. The molecule has 14 nitrogen and oxygen atoms in total. The van der Waals surface area contributed by atoms with Crippen molar-refractivity contribution >= 4 is 35.8 Å². The number of unbranched alkanes of at least 4 members (excludes halogenated alkanes) is 2. The first kappa shape index (κ1) is 34.8. The Morgan fingerprint density at radius 3 is 2.02 bits per heavy atom. The fourth-order valence-electron chi connectivity index (χ4n) is 3.55. The molecule has 3 amide bonds. The highest BCUT2D eigenvalue weighted by Gasteiger charge is 2.34. The smallest absolute Gasteiger partial charge is 0.410 e. The van der Waals surface area contributed by atoms with Crippen molar-refractivity contribution in [2.24, 2.45) is 5.73 Å². The van der Waals surface area contributed by atoms with Crippen LogP contribution in [0.4, 0.5) is 4.79 Å². The molecule has 228 valence electrons. The molecule has 0 aliphatic carbocycles. The summed E-state index contributed by atoms with van der Waals surface area (Å²) in [7, 11) is 0. The lowest BCUT2D eigenvalue weighted by atomic mass is 10.0. The Labute approximate surface area is 237 Å². The predicted octanol–water partition coefficient (Wildman–Crippen LogP) is 1.78. The summed E-state index contributed by atoms with van der Waals surface area (Å²) < 4.78 is 10.5. The SMILES string of the molecule is CCCCCN(C(=O)OC(C)(C)C)[C@@H](Cc1ccc(OC(C(=O)O)C(=O)O)cc1)C(=O)NC(=O)[C@@H](N)CCC(=O)O. The summed E-state index contributed by atoms with van der Waals surface area (Å²) >= 11 is 0. The van der Waals surface area contributed by atoms with E-state index in [4.69, 9.17) is 30.5 Å². The monoisotopic (exact) mass is 581 g/mol. The van der Waals surface area contributed by atoms with Gasteiger partial charge in [0, 0.05) is 19.4 Å². The number of nitrogens with zero attached hydrogens (tertiary/aromatic N) is 1. The van der Waals surface area contributed by atoms with Crippen LogP contribution in [-0.4, -0.2) is 86.4 Å². The summed E-state index contributed by atoms with van der Waals surface area (Å²) in [6.45, 7) is 7.07. The maximum atomic E-state index is 13.4. The minimum Gasteiger partial charge on any atom is -0.481 e. The molecule has 0 radical (unpaired) electrons. The second-order valence-corrected chi connectivity index (χ2v) is 10.3. The molecule has 14 heteroatoms. The van der Waals surface area contributed by atoms with Crippen molar-refractivity contribution < 1.29 is 53.6 Å². The van der Waals surface area contributed by atoms with Gasteiger partial charge in [0.15, 0.2) is 0 Å². The van der Waals surface area contributed by atoms with Crippen LogP contribution >= 0.6 is 0 Å². The normalized spacial score (nSPS) is 12.6. The first-order chi connectivity index (χ1) is 19.0. The van der Waals surface area contributed by atoms with E-state index >= 15 is 0 Å². The summed E-state index contributed by atoms with van der Waals surface area (Å²) in [4.78, 5) is 73.5. The zero-order valence-corrected chi connectivity index (χ0v) is 23.6. The Bertz CT molecular complexity index is 1070. The summed E-state index contributed by atoms with van der Waals surface area (Å²) in [6.07, 6.45) is -1.52. The Kier molecular flexibility index (Phi) is 13.7. The number of hydrogen-bond acceptors (Lipinski definition) is 9. The lowest BCUT2D eigenvalue weighted by Crippen LogP contribution is -2.55. The van der Waals surface area contributed by atoms with Gasteiger partial charge in [0.2, 0.25) is 11.8 Å². The number of ether oxygens (including phenoxy) is 2. The zero-order valence-electron chi connectivity index (χ0n) is 23.6. The highest BCUT2D eigenvalue weighted by atomic mass is 16.6. The van der Waals surface area contributed by atoms with E-state index in [1.165, 1.54) is 29.2 Å². The molecule has 0 fully saturated rings. The second kappa shape index (κ2) is 16.2. The number of benzene rings is 1. The molecule has 6 N–H and O–H groups in total. The average Bonchev–Trinajstić information content (AvgIpc) is 2.86. The Hall–Kier alpha value is -4.20. The van der Waals surface area contributed by atoms with E-state index in [1.807, 2.05) is 6.92 Å². The maximum Gasteiger partial charge on any atom is 0.410 e. The molecule has 0 heterocycles. The number of nitrogens with one attached hydrogen (secondary N) is 1. The molecule has 0 saturated carbocycles. The zero-order chi connectivity index (χ0) is 31.3. The second-order valence-electron chi connectivity index (χ2n) is 10.3. The number of carboxylic acids is 3. The van der Waals surface area contributed by atoms with Crippen LogP contribution in [0.5, 0.6) is 5.75 Å². The molecular weight excluding hydrogens is 542 g/mol. The number of carboxylic acid groups (broad SMARTS) is 3. The number of imide groups is 1. The van der Waals surface area contributed by atoms with Gasteiger partial charge in [0.05, 0.1) is 6.04 Å². The van der Waals surface area contributed by atoms with Crippen LogP contribution < -0.4 is 15.8 Å². The lowest BCUT2D eigenvalue weighted by Gasteiger charge is -2.33. The van der Waals surface area contributed by atoms with Crippen LogP contribution in [0.3, 0.4) is 0 Å². The van der Waals surface area contributed by atoms with Crippen molar-refractivity contribution in [3.8, 4) is 5.75 Å².